The van der Waals surface area contributed by atoms with Crippen molar-refractivity contribution in [1.29, 1.82) is 0 Å². The highest BCUT2D eigenvalue weighted by molar-refractivity contribution is 5.79. The summed E-state index contributed by atoms with van der Waals surface area (Å²) in [5, 5.41) is 0. The lowest BCUT2D eigenvalue weighted by molar-refractivity contribution is -0.128. The van der Waals surface area contributed by atoms with E-state index in [4.69, 9.17) is 11.2 Å². The van der Waals surface area contributed by atoms with E-state index in [1.54, 1.807) is 4.90 Å². The van der Waals surface area contributed by atoms with Gasteiger partial charge in [0.2, 0.25) is 5.91 Å². The maximum absolute atomic E-state index is 12.0. The highest BCUT2D eigenvalue weighted by Gasteiger charge is 2.34. The second-order valence-corrected chi connectivity index (χ2v) is 6.95. The molecule has 2 atom stereocenters. The largest absolute Gasteiger partial charge is 0.444 e. The van der Waals surface area contributed by atoms with Gasteiger partial charge >= 0.3 is 6.09 Å². The van der Waals surface area contributed by atoms with Gasteiger partial charge in [0.1, 0.15) is 5.60 Å². The molecule has 0 saturated carbocycles. The van der Waals surface area contributed by atoms with Gasteiger partial charge in [0.25, 0.3) is 0 Å². The minimum atomic E-state index is -0.472. The van der Waals surface area contributed by atoms with Crippen LogP contribution in [0.5, 0.6) is 0 Å². The Morgan fingerprint density at radius 1 is 1.43 bits per heavy atom. The first-order valence-electron chi connectivity index (χ1n) is 7.50. The van der Waals surface area contributed by atoms with E-state index in [1.165, 1.54) is 0 Å². The van der Waals surface area contributed by atoms with Crippen LogP contribution in [0.25, 0.3) is 0 Å². The Labute approximate surface area is 126 Å². The quantitative estimate of drug-likeness (QED) is 0.728. The van der Waals surface area contributed by atoms with Crippen molar-refractivity contribution in [3.63, 3.8) is 0 Å². The van der Waals surface area contributed by atoms with Crippen LogP contribution in [-0.2, 0) is 9.53 Å². The predicted octanol–water partition coefficient (Wildman–Crippen LogP) is 1.73. The van der Waals surface area contributed by atoms with Crippen molar-refractivity contribution in [3.05, 3.63) is 0 Å². The molecule has 5 nitrogen and oxygen atoms in total. The first-order valence-corrected chi connectivity index (χ1v) is 7.50. The Kier molecular flexibility index (Phi) is 4.46. The Morgan fingerprint density at radius 2 is 2.14 bits per heavy atom. The third kappa shape index (κ3) is 4.13. The van der Waals surface area contributed by atoms with Crippen LogP contribution in [0.1, 0.15) is 33.6 Å². The number of hydrogen-bond acceptors (Lipinski definition) is 3. The number of likely N-dealkylation sites (tertiary alicyclic amines) is 2. The summed E-state index contributed by atoms with van der Waals surface area (Å²) < 4.78 is 5.38. The van der Waals surface area contributed by atoms with E-state index in [-0.39, 0.29) is 17.9 Å². The van der Waals surface area contributed by atoms with Gasteiger partial charge in [-0.05, 0) is 33.1 Å². The number of nitrogens with zero attached hydrogens (tertiary/aromatic N) is 2. The molecule has 2 aliphatic rings. The average Bonchev–Trinajstić information content (AvgIpc) is 2.95. The van der Waals surface area contributed by atoms with Crippen molar-refractivity contribution < 1.29 is 14.3 Å². The summed E-state index contributed by atoms with van der Waals surface area (Å²) in [6.45, 7) is 8.28. The lowest BCUT2D eigenvalue weighted by Gasteiger charge is -2.25. The number of amides is 2. The molecule has 116 valence electrons. The molecule has 0 bridgehead atoms. The molecule has 21 heavy (non-hydrogen) atoms. The van der Waals surface area contributed by atoms with Crippen LogP contribution in [0.3, 0.4) is 0 Å². The van der Waals surface area contributed by atoms with Gasteiger partial charge in [-0.1, -0.05) is 0 Å². The molecule has 0 aromatic carbocycles. The molecule has 0 aromatic heterocycles. The zero-order valence-corrected chi connectivity index (χ0v) is 13.1. The summed E-state index contributed by atoms with van der Waals surface area (Å²) in [7, 11) is 0. The van der Waals surface area contributed by atoms with Crippen molar-refractivity contribution >= 4 is 12.0 Å². The summed E-state index contributed by atoms with van der Waals surface area (Å²) in [5.74, 6) is 3.15. The fraction of sp³-hybridized carbons (Fsp3) is 0.750. The van der Waals surface area contributed by atoms with Gasteiger partial charge in [-0.25, -0.2) is 4.79 Å². The van der Waals surface area contributed by atoms with E-state index in [2.05, 4.69) is 5.92 Å². The van der Waals surface area contributed by atoms with Crippen LogP contribution in [0.15, 0.2) is 0 Å². The zero-order valence-electron chi connectivity index (χ0n) is 13.1. The molecule has 2 amide bonds. The van der Waals surface area contributed by atoms with Crippen molar-refractivity contribution in [2.75, 3.05) is 26.2 Å². The number of ether oxygens (including phenoxy) is 1. The molecule has 2 saturated heterocycles. The van der Waals surface area contributed by atoms with Crippen LogP contribution in [0.4, 0.5) is 4.79 Å². The van der Waals surface area contributed by atoms with Gasteiger partial charge in [0, 0.05) is 38.5 Å². The smallest absolute Gasteiger partial charge is 0.410 e. The van der Waals surface area contributed by atoms with Gasteiger partial charge in [0.15, 0.2) is 0 Å². The Balaban J connectivity index is 1.82. The van der Waals surface area contributed by atoms with Crippen LogP contribution >= 0.6 is 0 Å². The fourth-order valence-electron chi connectivity index (χ4n) is 2.85. The Bertz CT molecular complexity index is 461. The van der Waals surface area contributed by atoms with Crippen molar-refractivity contribution in [2.24, 2.45) is 11.8 Å². The van der Waals surface area contributed by atoms with Crippen LogP contribution in [0.2, 0.25) is 0 Å². The molecule has 2 heterocycles. The summed E-state index contributed by atoms with van der Waals surface area (Å²) >= 11 is 0. The minimum absolute atomic E-state index is 0.0425. The molecule has 0 radical (unpaired) electrons. The predicted molar refractivity (Wildman–Crippen MR) is 79.4 cm³/mol. The summed E-state index contributed by atoms with van der Waals surface area (Å²) in [6.07, 6.45) is 6.49. The van der Waals surface area contributed by atoms with E-state index < -0.39 is 5.60 Å². The van der Waals surface area contributed by atoms with Gasteiger partial charge in [-0.15, -0.1) is 12.3 Å². The lowest BCUT2D eigenvalue weighted by Crippen LogP contribution is -2.37. The highest BCUT2D eigenvalue weighted by Crippen LogP contribution is 2.24. The molecular weight excluding hydrogens is 268 g/mol. The van der Waals surface area contributed by atoms with E-state index in [0.29, 0.717) is 38.5 Å². The number of hydrogen-bond donors (Lipinski definition) is 0. The molecule has 2 unspecified atom stereocenters. The minimum Gasteiger partial charge on any atom is -0.444 e. The first kappa shape index (κ1) is 15.7. The average molecular weight is 292 g/mol. The molecule has 2 rings (SSSR count). The normalized spacial score (nSPS) is 26.1. The van der Waals surface area contributed by atoms with Gasteiger partial charge in [0.05, 0.1) is 0 Å². The van der Waals surface area contributed by atoms with Crippen LogP contribution in [-0.4, -0.2) is 53.6 Å². The molecule has 5 heteroatoms. The van der Waals surface area contributed by atoms with Crippen molar-refractivity contribution in [1.82, 2.24) is 9.80 Å². The summed E-state index contributed by atoms with van der Waals surface area (Å²) in [4.78, 5) is 27.4. The standard InChI is InChI=1S/C16H24N2O3/c1-5-12-8-14(19)18(9-12)11-13-6-7-17(10-13)15(20)21-16(2,3)4/h1,12-13H,6-11H2,2-4H3. The van der Waals surface area contributed by atoms with E-state index in [9.17, 15) is 9.59 Å². The second kappa shape index (κ2) is 5.97. The van der Waals surface area contributed by atoms with Crippen LogP contribution < -0.4 is 0 Å². The van der Waals surface area contributed by atoms with E-state index in [0.717, 1.165) is 6.42 Å². The summed E-state index contributed by atoms with van der Waals surface area (Å²) in [6, 6.07) is 0. The topological polar surface area (TPSA) is 49.9 Å². The Morgan fingerprint density at radius 3 is 2.71 bits per heavy atom. The van der Waals surface area contributed by atoms with Gasteiger partial charge in [-0.2, -0.15) is 0 Å². The molecular formula is C16H24N2O3. The summed E-state index contributed by atoms with van der Waals surface area (Å²) in [5.41, 5.74) is -0.472. The zero-order chi connectivity index (χ0) is 15.6. The van der Waals surface area contributed by atoms with Gasteiger partial charge in [-0.3, -0.25) is 4.79 Å². The number of carbonyl (C=O) groups excluding carboxylic acids is 2. The number of rotatable bonds is 2. The monoisotopic (exact) mass is 292 g/mol. The maximum atomic E-state index is 12.0. The SMILES string of the molecule is C#CC1CC(=O)N(CC2CCN(C(=O)OC(C)(C)C)C2)C1. The maximum Gasteiger partial charge on any atom is 0.410 e. The molecule has 0 N–H and O–H groups in total. The second-order valence-electron chi connectivity index (χ2n) is 6.95. The lowest BCUT2D eigenvalue weighted by atomic mass is 10.1. The molecule has 0 spiro atoms. The third-order valence-corrected chi connectivity index (χ3v) is 3.87. The first-order chi connectivity index (χ1) is 9.78. The van der Waals surface area contributed by atoms with E-state index >= 15 is 0 Å². The molecule has 2 aliphatic heterocycles. The fourth-order valence-corrected chi connectivity index (χ4v) is 2.85. The van der Waals surface area contributed by atoms with E-state index in [1.807, 2.05) is 25.7 Å². The molecule has 0 aliphatic carbocycles. The van der Waals surface area contributed by atoms with Crippen molar-refractivity contribution in [2.45, 2.75) is 39.2 Å². The number of terminal acetylenes is 1. The third-order valence-electron chi connectivity index (χ3n) is 3.87. The van der Waals surface area contributed by atoms with Crippen molar-refractivity contribution in [3.8, 4) is 12.3 Å². The van der Waals surface area contributed by atoms with Crippen LogP contribution in [0, 0.1) is 24.2 Å². The molecule has 2 fully saturated rings. The molecule has 0 aromatic rings. The van der Waals surface area contributed by atoms with Gasteiger partial charge < -0.3 is 14.5 Å². The number of carbonyl (C=O) groups is 2. The highest BCUT2D eigenvalue weighted by atomic mass is 16.6. The Hall–Kier alpha value is -1.70.